The minimum Gasteiger partial charge on any atom is -0.362 e. The molecule has 0 unspecified atom stereocenters. The fourth-order valence-corrected chi connectivity index (χ4v) is 3.05. The lowest BCUT2D eigenvalue weighted by Crippen LogP contribution is -2.34. The van der Waals surface area contributed by atoms with E-state index < -0.39 is 11.9 Å². The molecule has 7 heteroatoms. The topological polar surface area (TPSA) is 103 Å². The molecular weight excluding hydrogens is 368 g/mol. The lowest BCUT2D eigenvalue weighted by atomic mass is 10.1. The summed E-state index contributed by atoms with van der Waals surface area (Å²) >= 11 is 0. The molecule has 0 spiro atoms. The van der Waals surface area contributed by atoms with Crippen molar-refractivity contribution in [3.8, 4) is 0 Å². The maximum atomic E-state index is 12.3. The first-order valence-electron chi connectivity index (χ1n) is 8.99. The van der Waals surface area contributed by atoms with Gasteiger partial charge in [0.2, 0.25) is 0 Å². The quantitative estimate of drug-likeness (QED) is 0.515. The van der Waals surface area contributed by atoms with E-state index in [9.17, 15) is 14.4 Å². The van der Waals surface area contributed by atoms with E-state index in [4.69, 9.17) is 0 Å². The number of carbonyl (C=O) groups is 3. The predicted octanol–water partition coefficient (Wildman–Crippen LogP) is 3.78. The Labute approximate surface area is 166 Å². The van der Waals surface area contributed by atoms with Gasteiger partial charge >= 0.3 is 6.03 Å². The number of rotatable bonds is 3. The van der Waals surface area contributed by atoms with Gasteiger partial charge in [-0.15, -0.1) is 0 Å². The third-order valence-corrected chi connectivity index (χ3v) is 4.52. The van der Waals surface area contributed by atoms with Crippen LogP contribution in [0.3, 0.4) is 0 Å². The van der Waals surface area contributed by atoms with Crippen LogP contribution in [-0.4, -0.2) is 22.8 Å². The number of H-pyrrole nitrogens is 1. The second-order valence-corrected chi connectivity index (χ2v) is 6.67. The van der Waals surface area contributed by atoms with Crippen LogP contribution in [0.15, 0.2) is 60.8 Å². The fraction of sp³-hybridized carbons (Fsp3) is 0.0455. The number of aryl methyl sites for hydroxylation is 1. The summed E-state index contributed by atoms with van der Waals surface area (Å²) in [6.45, 7) is 1.92. The number of imide groups is 1. The van der Waals surface area contributed by atoms with Crippen LogP contribution in [0.4, 0.5) is 16.2 Å². The van der Waals surface area contributed by atoms with Gasteiger partial charge in [0.1, 0.15) is 0 Å². The maximum absolute atomic E-state index is 12.3. The second kappa shape index (κ2) is 7.47. The first-order chi connectivity index (χ1) is 14.0. The van der Waals surface area contributed by atoms with Crippen LogP contribution in [-0.2, 0) is 4.79 Å². The van der Waals surface area contributed by atoms with Crippen LogP contribution in [0.2, 0.25) is 0 Å². The first kappa shape index (κ1) is 18.2. The number of nitrogens with one attached hydrogen (secondary N) is 4. The summed E-state index contributed by atoms with van der Waals surface area (Å²) in [6.07, 6.45) is 3.55. The van der Waals surface area contributed by atoms with Crippen molar-refractivity contribution in [2.45, 2.75) is 6.92 Å². The van der Waals surface area contributed by atoms with E-state index in [2.05, 4.69) is 20.9 Å². The van der Waals surface area contributed by atoms with Crippen molar-refractivity contribution in [1.29, 1.82) is 0 Å². The van der Waals surface area contributed by atoms with Crippen LogP contribution in [0.25, 0.3) is 11.6 Å². The van der Waals surface area contributed by atoms with Crippen molar-refractivity contribution < 1.29 is 14.4 Å². The zero-order valence-corrected chi connectivity index (χ0v) is 15.6. The highest BCUT2D eigenvalue weighted by molar-refractivity contribution is 6.35. The Hall–Kier alpha value is -4.13. The molecule has 4 amide bonds. The average molecular weight is 386 g/mol. The lowest BCUT2D eigenvalue weighted by molar-refractivity contribution is -0.110. The normalized spacial score (nSPS) is 13.7. The van der Waals surface area contributed by atoms with Crippen molar-refractivity contribution in [3.05, 3.63) is 83.2 Å². The number of amides is 4. The van der Waals surface area contributed by atoms with Gasteiger partial charge < -0.3 is 15.6 Å². The summed E-state index contributed by atoms with van der Waals surface area (Å²) in [4.78, 5) is 39.6. The van der Waals surface area contributed by atoms with Crippen molar-refractivity contribution in [2.24, 2.45) is 0 Å². The standard InChI is InChI=1S/C22H18N4O3/c1-13-4-6-14(7-5-13)20(27)26-22(29)24-16-8-9-17-18(11-15-3-2-10-23-15)21(28)25-19(17)12-16/h2-12,23H,1H3,(H,25,28)(H2,24,26,27,29)/b18-11-. The second-order valence-electron chi connectivity index (χ2n) is 6.67. The Morgan fingerprint density at radius 1 is 1.03 bits per heavy atom. The van der Waals surface area contributed by atoms with Gasteiger partial charge in [-0.1, -0.05) is 23.8 Å². The van der Waals surface area contributed by atoms with Gasteiger partial charge in [-0.25, -0.2) is 4.79 Å². The molecule has 4 N–H and O–H groups in total. The highest BCUT2D eigenvalue weighted by Gasteiger charge is 2.24. The van der Waals surface area contributed by atoms with E-state index in [1.54, 1.807) is 54.7 Å². The summed E-state index contributed by atoms with van der Waals surface area (Å²) in [5.41, 5.74) is 4.57. The number of urea groups is 1. The van der Waals surface area contributed by atoms with Crippen molar-refractivity contribution >= 4 is 40.9 Å². The van der Waals surface area contributed by atoms with E-state index in [0.29, 0.717) is 22.5 Å². The zero-order valence-electron chi connectivity index (χ0n) is 15.6. The van der Waals surface area contributed by atoms with Crippen molar-refractivity contribution in [3.63, 3.8) is 0 Å². The molecule has 1 aliphatic rings. The number of carbonyl (C=O) groups excluding carboxylic acids is 3. The fourth-order valence-electron chi connectivity index (χ4n) is 3.05. The summed E-state index contributed by atoms with van der Waals surface area (Å²) in [7, 11) is 0. The molecule has 29 heavy (non-hydrogen) atoms. The molecule has 0 saturated carbocycles. The highest BCUT2D eigenvalue weighted by Crippen LogP contribution is 2.34. The van der Waals surface area contributed by atoms with Gasteiger partial charge in [-0.05, 0) is 49.4 Å². The Morgan fingerprint density at radius 3 is 2.55 bits per heavy atom. The molecule has 144 valence electrons. The van der Waals surface area contributed by atoms with E-state index in [1.165, 1.54) is 0 Å². The molecule has 2 aromatic carbocycles. The van der Waals surface area contributed by atoms with Crippen LogP contribution in [0, 0.1) is 6.92 Å². The number of hydrogen-bond acceptors (Lipinski definition) is 3. The number of hydrogen-bond donors (Lipinski definition) is 4. The predicted molar refractivity (Wildman–Crippen MR) is 111 cm³/mol. The molecule has 0 atom stereocenters. The highest BCUT2D eigenvalue weighted by atomic mass is 16.2. The molecule has 2 heterocycles. The summed E-state index contributed by atoms with van der Waals surface area (Å²) in [6, 6.07) is 15.1. The van der Waals surface area contributed by atoms with Crippen LogP contribution < -0.4 is 16.0 Å². The average Bonchev–Trinajstić information content (AvgIpc) is 3.30. The molecular formula is C22H18N4O3. The number of benzene rings is 2. The Balaban J connectivity index is 1.46. The van der Waals surface area contributed by atoms with Crippen molar-refractivity contribution in [1.82, 2.24) is 10.3 Å². The van der Waals surface area contributed by atoms with Gasteiger partial charge in [-0.3, -0.25) is 14.9 Å². The molecule has 0 radical (unpaired) electrons. The minimum absolute atomic E-state index is 0.217. The summed E-state index contributed by atoms with van der Waals surface area (Å²) in [5, 5.41) is 7.68. The number of anilines is 2. The largest absolute Gasteiger partial charge is 0.362 e. The first-order valence-corrected chi connectivity index (χ1v) is 8.99. The van der Waals surface area contributed by atoms with E-state index >= 15 is 0 Å². The van der Waals surface area contributed by atoms with Crippen LogP contribution in [0.1, 0.15) is 27.2 Å². The van der Waals surface area contributed by atoms with Crippen LogP contribution >= 0.6 is 0 Å². The number of aromatic amines is 1. The molecule has 0 fully saturated rings. The van der Waals surface area contributed by atoms with Crippen LogP contribution in [0.5, 0.6) is 0 Å². The van der Waals surface area contributed by atoms with Crippen molar-refractivity contribution in [2.75, 3.05) is 10.6 Å². The molecule has 1 aromatic heterocycles. The monoisotopic (exact) mass is 386 g/mol. The molecule has 3 aromatic rings. The summed E-state index contributed by atoms with van der Waals surface area (Å²) < 4.78 is 0. The minimum atomic E-state index is -0.651. The third-order valence-electron chi connectivity index (χ3n) is 4.52. The molecule has 7 nitrogen and oxygen atoms in total. The number of fused-ring (bicyclic) bond motifs is 1. The molecule has 0 bridgehead atoms. The molecule has 1 aliphatic heterocycles. The van der Waals surface area contributed by atoms with Gasteiger partial charge in [0, 0.05) is 28.7 Å². The molecule has 0 saturated heterocycles. The van der Waals surface area contributed by atoms with Gasteiger partial charge in [0.15, 0.2) is 0 Å². The Morgan fingerprint density at radius 2 is 1.83 bits per heavy atom. The van der Waals surface area contributed by atoms with E-state index in [0.717, 1.165) is 16.8 Å². The SMILES string of the molecule is Cc1ccc(C(=O)NC(=O)Nc2ccc3c(c2)NC(=O)/C3=C\c2ccc[nH]2)cc1. The maximum Gasteiger partial charge on any atom is 0.326 e. The number of aromatic nitrogens is 1. The summed E-state index contributed by atoms with van der Waals surface area (Å²) in [5.74, 6) is -0.709. The van der Waals surface area contributed by atoms with Gasteiger partial charge in [0.25, 0.3) is 11.8 Å². The van der Waals surface area contributed by atoms with E-state index in [-0.39, 0.29) is 5.91 Å². The molecule has 0 aliphatic carbocycles. The Bertz CT molecular complexity index is 1130. The van der Waals surface area contributed by atoms with Gasteiger partial charge in [0.05, 0.1) is 11.3 Å². The van der Waals surface area contributed by atoms with E-state index in [1.807, 2.05) is 19.1 Å². The lowest BCUT2D eigenvalue weighted by Gasteiger charge is -2.08. The third kappa shape index (κ3) is 3.93. The Kier molecular flexibility index (Phi) is 4.70. The van der Waals surface area contributed by atoms with Gasteiger partial charge in [-0.2, -0.15) is 0 Å². The smallest absolute Gasteiger partial charge is 0.326 e. The molecule has 4 rings (SSSR count). The zero-order chi connectivity index (χ0) is 20.4.